The molecule has 1 aromatic heterocycles. The summed E-state index contributed by atoms with van der Waals surface area (Å²) in [6.45, 7) is 7.16. The number of carbonyl (C=O) groups excluding carboxylic acids is 1. The molecule has 0 N–H and O–H groups in total. The van der Waals surface area contributed by atoms with Gasteiger partial charge >= 0.3 is 0 Å². The third-order valence-corrected chi connectivity index (χ3v) is 5.74. The lowest BCUT2D eigenvalue weighted by molar-refractivity contribution is -0.135. The number of carbonyl (C=O) groups is 1. The van der Waals surface area contributed by atoms with Crippen molar-refractivity contribution in [3.05, 3.63) is 65.9 Å². The van der Waals surface area contributed by atoms with Crippen LogP contribution in [0.15, 0.2) is 54.6 Å². The van der Waals surface area contributed by atoms with Crippen molar-refractivity contribution in [3.8, 4) is 23.1 Å². The summed E-state index contributed by atoms with van der Waals surface area (Å²) in [5, 5.41) is 4.79. The zero-order valence-corrected chi connectivity index (χ0v) is 19.2. The van der Waals surface area contributed by atoms with Crippen molar-refractivity contribution in [2.75, 3.05) is 13.7 Å². The maximum atomic E-state index is 13.0. The van der Waals surface area contributed by atoms with Crippen molar-refractivity contribution in [1.29, 1.82) is 0 Å². The van der Waals surface area contributed by atoms with Crippen molar-refractivity contribution < 1.29 is 14.3 Å². The molecule has 1 aliphatic rings. The monoisotopic (exact) mass is 433 g/mol. The van der Waals surface area contributed by atoms with Crippen LogP contribution in [0.3, 0.4) is 0 Å². The molecule has 32 heavy (non-hydrogen) atoms. The molecule has 0 spiro atoms. The second-order valence-electron chi connectivity index (χ2n) is 8.71. The van der Waals surface area contributed by atoms with Crippen molar-refractivity contribution in [2.45, 2.75) is 40.2 Å². The van der Waals surface area contributed by atoms with Gasteiger partial charge in [-0.3, -0.25) is 4.79 Å². The Balaban J connectivity index is 1.72. The number of aromatic nitrogens is 2. The Morgan fingerprint density at radius 2 is 1.75 bits per heavy atom. The predicted molar refractivity (Wildman–Crippen MR) is 124 cm³/mol. The third kappa shape index (κ3) is 4.96. The number of ether oxygens (including phenoxy) is 2. The van der Waals surface area contributed by atoms with Crippen molar-refractivity contribution in [3.63, 3.8) is 0 Å². The lowest BCUT2D eigenvalue weighted by Crippen LogP contribution is -2.35. The standard InChI is InChI=1S/C26H31N3O3/c1-18(2)25(30)28(16-20-10-11-20)17-24-19(3)27-29(21-8-6-5-7-9-21)26(24)32-23-14-12-22(31-4)13-15-23/h5-9,12-15,18,20H,10-11,16-17H2,1-4H3. The summed E-state index contributed by atoms with van der Waals surface area (Å²) in [5.74, 6) is 2.81. The molecule has 0 bridgehead atoms. The highest BCUT2D eigenvalue weighted by molar-refractivity contribution is 5.78. The van der Waals surface area contributed by atoms with E-state index in [4.69, 9.17) is 14.6 Å². The predicted octanol–water partition coefficient (Wildman–Crippen LogP) is 5.38. The van der Waals surface area contributed by atoms with Gasteiger partial charge in [-0.1, -0.05) is 32.0 Å². The molecule has 0 unspecified atom stereocenters. The molecule has 3 aromatic rings. The smallest absolute Gasteiger partial charge is 0.227 e. The highest BCUT2D eigenvalue weighted by atomic mass is 16.5. The van der Waals surface area contributed by atoms with Crippen LogP contribution in [-0.4, -0.2) is 34.2 Å². The van der Waals surface area contributed by atoms with Crippen LogP contribution >= 0.6 is 0 Å². The van der Waals surface area contributed by atoms with Crippen LogP contribution in [0.5, 0.6) is 17.4 Å². The van der Waals surface area contributed by atoms with Crippen molar-refractivity contribution in [2.24, 2.45) is 11.8 Å². The van der Waals surface area contributed by atoms with Gasteiger partial charge in [0.2, 0.25) is 11.8 Å². The van der Waals surface area contributed by atoms with Gasteiger partial charge in [-0.25, -0.2) is 4.68 Å². The van der Waals surface area contributed by atoms with E-state index in [-0.39, 0.29) is 11.8 Å². The molecule has 1 saturated carbocycles. The fourth-order valence-corrected chi connectivity index (χ4v) is 3.73. The van der Waals surface area contributed by atoms with Gasteiger partial charge in [0.1, 0.15) is 11.5 Å². The maximum Gasteiger partial charge on any atom is 0.227 e. The summed E-state index contributed by atoms with van der Waals surface area (Å²) in [6.07, 6.45) is 2.39. The van der Waals surface area contributed by atoms with Gasteiger partial charge in [-0.15, -0.1) is 0 Å². The summed E-state index contributed by atoms with van der Waals surface area (Å²) in [4.78, 5) is 15.0. The van der Waals surface area contributed by atoms with E-state index < -0.39 is 0 Å². The Morgan fingerprint density at radius 3 is 2.34 bits per heavy atom. The molecule has 0 radical (unpaired) electrons. The SMILES string of the molecule is COc1ccc(Oc2c(CN(CC3CC3)C(=O)C(C)C)c(C)nn2-c2ccccc2)cc1. The first-order chi connectivity index (χ1) is 15.5. The number of para-hydroxylation sites is 1. The Kier molecular flexibility index (Phi) is 6.49. The fraction of sp³-hybridized carbons (Fsp3) is 0.385. The highest BCUT2D eigenvalue weighted by Gasteiger charge is 2.30. The van der Waals surface area contributed by atoms with E-state index in [1.165, 1.54) is 12.8 Å². The molecule has 6 nitrogen and oxygen atoms in total. The minimum absolute atomic E-state index is 0.0517. The lowest BCUT2D eigenvalue weighted by atomic mass is 10.1. The summed E-state index contributed by atoms with van der Waals surface area (Å²) < 4.78 is 13.5. The van der Waals surface area contributed by atoms with E-state index in [1.54, 1.807) is 7.11 Å². The number of amides is 1. The summed E-state index contributed by atoms with van der Waals surface area (Å²) in [7, 11) is 1.64. The van der Waals surface area contributed by atoms with E-state index in [0.717, 1.165) is 29.2 Å². The Morgan fingerprint density at radius 1 is 1.09 bits per heavy atom. The summed E-state index contributed by atoms with van der Waals surface area (Å²) >= 11 is 0. The number of methoxy groups -OCH3 is 1. The maximum absolute atomic E-state index is 13.0. The quantitative estimate of drug-likeness (QED) is 0.455. The Bertz CT molecular complexity index is 1050. The van der Waals surface area contributed by atoms with Gasteiger partial charge in [0.15, 0.2) is 0 Å². The first-order valence-electron chi connectivity index (χ1n) is 11.2. The van der Waals surface area contributed by atoms with Crippen LogP contribution in [0.1, 0.15) is 37.9 Å². The van der Waals surface area contributed by atoms with Crippen LogP contribution in [0, 0.1) is 18.8 Å². The normalized spacial score (nSPS) is 13.3. The minimum atomic E-state index is -0.0517. The number of nitrogens with zero attached hydrogens (tertiary/aromatic N) is 3. The number of rotatable bonds is 9. The zero-order valence-electron chi connectivity index (χ0n) is 19.2. The van der Waals surface area contributed by atoms with E-state index >= 15 is 0 Å². The molecule has 168 valence electrons. The average Bonchev–Trinajstić information content (AvgIpc) is 3.58. The van der Waals surface area contributed by atoms with Gasteiger partial charge in [0.25, 0.3) is 0 Å². The second-order valence-corrected chi connectivity index (χ2v) is 8.71. The van der Waals surface area contributed by atoms with Crippen LogP contribution in [0.25, 0.3) is 5.69 Å². The molecule has 1 amide bonds. The zero-order chi connectivity index (χ0) is 22.7. The Labute approximate surface area is 189 Å². The Hall–Kier alpha value is -3.28. The van der Waals surface area contributed by atoms with Gasteiger partial charge in [0, 0.05) is 12.5 Å². The third-order valence-electron chi connectivity index (χ3n) is 5.74. The molecule has 4 rings (SSSR count). The molecular formula is C26H31N3O3. The average molecular weight is 434 g/mol. The molecular weight excluding hydrogens is 402 g/mol. The number of hydrogen-bond acceptors (Lipinski definition) is 4. The van der Waals surface area contributed by atoms with Crippen LogP contribution in [0.2, 0.25) is 0 Å². The summed E-state index contributed by atoms with van der Waals surface area (Å²) in [5.41, 5.74) is 2.70. The van der Waals surface area contributed by atoms with Gasteiger partial charge in [-0.05, 0) is 62.1 Å². The molecule has 0 atom stereocenters. The molecule has 1 aliphatic carbocycles. The van der Waals surface area contributed by atoms with Crippen molar-refractivity contribution >= 4 is 5.91 Å². The highest BCUT2D eigenvalue weighted by Crippen LogP contribution is 2.35. The molecule has 6 heteroatoms. The van der Waals surface area contributed by atoms with Gasteiger partial charge in [-0.2, -0.15) is 5.10 Å². The minimum Gasteiger partial charge on any atom is -0.497 e. The van der Waals surface area contributed by atoms with Crippen molar-refractivity contribution in [1.82, 2.24) is 14.7 Å². The summed E-state index contributed by atoms with van der Waals surface area (Å²) in [6, 6.07) is 17.4. The topological polar surface area (TPSA) is 56.6 Å². The molecule has 0 aliphatic heterocycles. The second kappa shape index (κ2) is 9.47. The first-order valence-corrected chi connectivity index (χ1v) is 11.2. The van der Waals surface area contributed by atoms with Gasteiger partial charge in [0.05, 0.1) is 30.6 Å². The number of benzene rings is 2. The number of aryl methyl sites for hydroxylation is 1. The van der Waals surface area contributed by atoms with Crippen LogP contribution in [0.4, 0.5) is 0 Å². The van der Waals surface area contributed by atoms with E-state index in [2.05, 4.69) is 0 Å². The van der Waals surface area contributed by atoms with E-state index in [0.29, 0.717) is 24.1 Å². The van der Waals surface area contributed by atoms with Crippen LogP contribution in [-0.2, 0) is 11.3 Å². The molecule has 1 heterocycles. The van der Waals surface area contributed by atoms with E-state index in [9.17, 15) is 4.79 Å². The first kappa shape index (κ1) is 21.9. The lowest BCUT2D eigenvalue weighted by Gasteiger charge is -2.25. The molecule has 1 fully saturated rings. The largest absolute Gasteiger partial charge is 0.497 e. The van der Waals surface area contributed by atoms with Crippen LogP contribution < -0.4 is 9.47 Å². The molecule has 0 saturated heterocycles. The van der Waals surface area contributed by atoms with E-state index in [1.807, 2.05) is 85.0 Å². The number of hydrogen-bond donors (Lipinski definition) is 0. The molecule has 2 aromatic carbocycles. The van der Waals surface area contributed by atoms with Gasteiger partial charge < -0.3 is 14.4 Å². The fourth-order valence-electron chi connectivity index (χ4n) is 3.73.